The molecule has 2 heterocycles. The zero-order valence-corrected chi connectivity index (χ0v) is 21.2. The molecule has 0 aliphatic carbocycles. The number of pyridine rings is 1. The predicted octanol–water partition coefficient (Wildman–Crippen LogP) is 5.13. The molecule has 1 aliphatic heterocycles. The molecule has 0 saturated heterocycles. The van der Waals surface area contributed by atoms with Crippen molar-refractivity contribution in [3.63, 3.8) is 0 Å². The molecular formula is C30H31N5O2. The average molecular weight is 494 g/mol. The lowest BCUT2D eigenvalue weighted by atomic mass is 9.85. The maximum absolute atomic E-state index is 13.3. The lowest BCUT2D eigenvalue weighted by molar-refractivity contribution is -0.124. The van der Waals surface area contributed by atoms with Gasteiger partial charge in [0, 0.05) is 25.5 Å². The van der Waals surface area contributed by atoms with Crippen LogP contribution in [0, 0.1) is 16.7 Å². The third kappa shape index (κ3) is 6.28. The molecule has 0 saturated carbocycles. The van der Waals surface area contributed by atoms with E-state index in [9.17, 15) is 4.79 Å². The molecule has 7 heteroatoms. The van der Waals surface area contributed by atoms with Gasteiger partial charge in [-0.1, -0.05) is 50.2 Å². The first-order chi connectivity index (χ1) is 18.0. The van der Waals surface area contributed by atoms with E-state index in [1.807, 2.05) is 24.3 Å². The molecule has 0 bridgehead atoms. The third-order valence-corrected chi connectivity index (χ3v) is 6.47. The van der Waals surface area contributed by atoms with Crippen LogP contribution < -0.4 is 4.74 Å². The highest BCUT2D eigenvalue weighted by molar-refractivity contribution is 6.46. The number of rotatable bonds is 10. The van der Waals surface area contributed by atoms with E-state index in [0.29, 0.717) is 49.2 Å². The topological polar surface area (TPSA) is 102 Å². The van der Waals surface area contributed by atoms with Gasteiger partial charge in [0.05, 0.1) is 30.7 Å². The van der Waals surface area contributed by atoms with Crippen LogP contribution in [-0.2, 0) is 11.4 Å². The van der Waals surface area contributed by atoms with Crippen LogP contribution in [0.4, 0.5) is 0 Å². The van der Waals surface area contributed by atoms with Gasteiger partial charge in [-0.3, -0.25) is 14.8 Å². The van der Waals surface area contributed by atoms with Crippen molar-refractivity contribution in [2.45, 2.75) is 38.7 Å². The summed E-state index contributed by atoms with van der Waals surface area (Å²) in [5.41, 5.74) is 4.44. The van der Waals surface area contributed by atoms with Gasteiger partial charge >= 0.3 is 0 Å². The Morgan fingerprint density at radius 1 is 1.05 bits per heavy atom. The van der Waals surface area contributed by atoms with Crippen LogP contribution in [0.5, 0.6) is 5.75 Å². The van der Waals surface area contributed by atoms with E-state index in [4.69, 9.17) is 15.4 Å². The molecule has 1 aliphatic rings. The first kappa shape index (κ1) is 25.8. The molecule has 1 unspecified atom stereocenters. The van der Waals surface area contributed by atoms with Gasteiger partial charge in [-0.2, -0.15) is 5.26 Å². The Bertz CT molecular complexity index is 1290. The summed E-state index contributed by atoms with van der Waals surface area (Å²) in [7, 11) is 0. The number of aliphatic imine (C=N–C) groups is 1. The van der Waals surface area contributed by atoms with Crippen molar-refractivity contribution in [3.05, 3.63) is 95.3 Å². The maximum atomic E-state index is 13.3. The SMILES string of the molecule is CC(C)c1ccc(COc2ccc(C(C(=N)c3ccncc3)C3=NCCN(CCC#N)C3=O)cc2)cc1. The number of hydrogen-bond acceptors (Lipinski definition) is 6. The monoisotopic (exact) mass is 493 g/mol. The van der Waals surface area contributed by atoms with Crippen LogP contribution >= 0.6 is 0 Å². The van der Waals surface area contributed by atoms with Gasteiger partial charge in [0.2, 0.25) is 0 Å². The number of carbonyl (C=O) groups excluding carboxylic acids is 1. The fourth-order valence-electron chi connectivity index (χ4n) is 4.32. The van der Waals surface area contributed by atoms with Crippen LogP contribution in [0.15, 0.2) is 78.0 Å². The van der Waals surface area contributed by atoms with Gasteiger partial charge in [-0.25, -0.2) is 0 Å². The molecule has 0 fully saturated rings. The van der Waals surface area contributed by atoms with Crippen LogP contribution in [0.2, 0.25) is 0 Å². The fraction of sp³-hybridized carbons (Fsp3) is 0.300. The maximum Gasteiger partial charge on any atom is 0.268 e. The lowest BCUT2D eigenvalue weighted by Crippen LogP contribution is -2.46. The number of benzene rings is 2. The van der Waals surface area contributed by atoms with Gasteiger partial charge in [0.1, 0.15) is 18.1 Å². The number of nitrogens with zero attached hydrogens (tertiary/aromatic N) is 4. The normalized spacial score (nSPS) is 14.2. The van der Waals surface area contributed by atoms with Gasteiger partial charge in [-0.15, -0.1) is 0 Å². The summed E-state index contributed by atoms with van der Waals surface area (Å²) >= 11 is 0. The van der Waals surface area contributed by atoms with E-state index in [2.05, 4.69) is 54.2 Å². The number of hydrogen-bond donors (Lipinski definition) is 1. The van der Waals surface area contributed by atoms with Gasteiger partial charge < -0.3 is 15.0 Å². The number of aromatic nitrogens is 1. The van der Waals surface area contributed by atoms with Gasteiger partial charge in [-0.05, 0) is 52.4 Å². The zero-order valence-electron chi connectivity index (χ0n) is 21.2. The summed E-state index contributed by atoms with van der Waals surface area (Å²) in [6, 6.07) is 21.6. The van der Waals surface area contributed by atoms with E-state index in [0.717, 1.165) is 11.1 Å². The van der Waals surface area contributed by atoms with Gasteiger partial charge in [0.15, 0.2) is 0 Å². The fourth-order valence-corrected chi connectivity index (χ4v) is 4.32. The van der Waals surface area contributed by atoms with Crippen molar-refractivity contribution in [2.75, 3.05) is 19.6 Å². The molecule has 188 valence electrons. The minimum atomic E-state index is -0.641. The highest BCUT2D eigenvalue weighted by Crippen LogP contribution is 2.27. The number of amides is 1. The molecule has 1 amide bonds. The average Bonchev–Trinajstić information content (AvgIpc) is 2.93. The van der Waals surface area contributed by atoms with Crippen LogP contribution in [0.1, 0.15) is 54.4 Å². The molecule has 2 aromatic carbocycles. The Morgan fingerprint density at radius 2 is 1.73 bits per heavy atom. The molecule has 1 atom stereocenters. The first-order valence-electron chi connectivity index (χ1n) is 12.5. The molecule has 3 aromatic rings. The summed E-state index contributed by atoms with van der Waals surface area (Å²) in [5.74, 6) is 0.326. The molecule has 1 aromatic heterocycles. The highest BCUT2D eigenvalue weighted by atomic mass is 16.5. The summed E-state index contributed by atoms with van der Waals surface area (Å²) in [6.07, 6.45) is 3.53. The second-order valence-electron chi connectivity index (χ2n) is 9.30. The first-order valence-corrected chi connectivity index (χ1v) is 12.5. The number of nitrogens with one attached hydrogen (secondary N) is 1. The molecule has 7 nitrogen and oxygen atoms in total. The van der Waals surface area contributed by atoms with E-state index in [1.165, 1.54) is 5.56 Å². The molecule has 0 spiro atoms. The second-order valence-corrected chi connectivity index (χ2v) is 9.30. The summed E-state index contributed by atoms with van der Waals surface area (Å²) < 4.78 is 6.00. The molecule has 1 N–H and O–H groups in total. The number of carbonyl (C=O) groups is 1. The predicted molar refractivity (Wildman–Crippen MR) is 144 cm³/mol. The lowest BCUT2D eigenvalue weighted by Gasteiger charge is -2.30. The summed E-state index contributed by atoms with van der Waals surface area (Å²) in [6.45, 7) is 6.07. The number of nitriles is 1. The molecule has 4 rings (SSSR count). The van der Waals surface area contributed by atoms with Crippen molar-refractivity contribution >= 4 is 17.3 Å². The Hall–Kier alpha value is -4.31. The van der Waals surface area contributed by atoms with Crippen molar-refractivity contribution in [3.8, 4) is 11.8 Å². The van der Waals surface area contributed by atoms with E-state index in [-0.39, 0.29) is 18.0 Å². The van der Waals surface area contributed by atoms with Crippen LogP contribution in [-0.4, -0.2) is 46.8 Å². The molecule has 0 radical (unpaired) electrons. The van der Waals surface area contributed by atoms with E-state index >= 15 is 0 Å². The number of ether oxygens (including phenoxy) is 1. The Balaban J connectivity index is 1.56. The van der Waals surface area contributed by atoms with Crippen LogP contribution in [0.3, 0.4) is 0 Å². The Labute approximate surface area is 218 Å². The van der Waals surface area contributed by atoms with Crippen molar-refractivity contribution in [1.29, 1.82) is 10.7 Å². The van der Waals surface area contributed by atoms with Crippen molar-refractivity contribution < 1.29 is 9.53 Å². The second kappa shape index (κ2) is 12.1. The largest absolute Gasteiger partial charge is 0.489 e. The highest BCUT2D eigenvalue weighted by Gasteiger charge is 2.33. The standard InChI is InChI=1S/C30H31N5O2/c1-21(2)23-6-4-22(5-7-23)20-37-26-10-8-24(9-11-26)27(28(32)25-12-15-33-16-13-25)29-30(36)35(18-3-14-31)19-17-34-29/h4-13,15-16,21,27,32H,3,17-20H2,1-2H3. The summed E-state index contributed by atoms with van der Waals surface area (Å²) in [4.78, 5) is 23.6. The minimum absolute atomic E-state index is 0.226. The smallest absolute Gasteiger partial charge is 0.268 e. The minimum Gasteiger partial charge on any atom is -0.489 e. The zero-order chi connectivity index (χ0) is 26.2. The van der Waals surface area contributed by atoms with Crippen molar-refractivity contribution in [1.82, 2.24) is 9.88 Å². The summed E-state index contributed by atoms with van der Waals surface area (Å²) in [5, 5.41) is 18.0. The van der Waals surface area contributed by atoms with E-state index in [1.54, 1.807) is 29.4 Å². The Kier molecular flexibility index (Phi) is 8.42. The Morgan fingerprint density at radius 3 is 2.38 bits per heavy atom. The van der Waals surface area contributed by atoms with Crippen LogP contribution in [0.25, 0.3) is 0 Å². The quantitative estimate of drug-likeness (QED) is 0.395. The van der Waals surface area contributed by atoms with E-state index < -0.39 is 5.92 Å². The molecular weight excluding hydrogens is 462 g/mol. The third-order valence-electron chi connectivity index (χ3n) is 6.47. The van der Waals surface area contributed by atoms with Crippen molar-refractivity contribution in [2.24, 2.45) is 4.99 Å². The molecule has 37 heavy (non-hydrogen) atoms. The van der Waals surface area contributed by atoms with Gasteiger partial charge in [0.25, 0.3) is 5.91 Å².